The van der Waals surface area contributed by atoms with Crippen LogP contribution in [-0.2, 0) is 10.0 Å². The van der Waals surface area contributed by atoms with Crippen molar-refractivity contribution >= 4 is 21.1 Å². The van der Waals surface area contributed by atoms with Crippen LogP contribution < -0.4 is 4.74 Å². The summed E-state index contributed by atoms with van der Waals surface area (Å²) < 4.78 is 32.8. The number of hydrogen-bond acceptors (Lipinski definition) is 6. The maximum Gasteiger partial charge on any atom is 0.243 e. The topological polar surface area (TPSA) is 85.3 Å². The highest BCUT2D eigenvalue weighted by Gasteiger charge is 2.31. The van der Waals surface area contributed by atoms with E-state index in [9.17, 15) is 8.42 Å². The second-order valence-corrected chi connectivity index (χ2v) is 9.79. The zero-order chi connectivity index (χ0) is 21.3. The summed E-state index contributed by atoms with van der Waals surface area (Å²) in [5, 5.41) is 0.957. The van der Waals surface area contributed by atoms with Gasteiger partial charge in [0.1, 0.15) is 11.6 Å². The smallest absolute Gasteiger partial charge is 0.243 e. The summed E-state index contributed by atoms with van der Waals surface area (Å²) in [6.45, 7) is 5.05. The lowest BCUT2D eigenvalue weighted by atomic mass is 9.92. The molecule has 3 heterocycles. The molecule has 0 aliphatic carbocycles. The second-order valence-electron chi connectivity index (χ2n) is 7.85. The van der Waals surface area contributed by atoms with Gasteiger partial charge in [-0.3, -0.25) is 0 Å². The number of benzene rings is 1. The first kappa shape index (κ1) is 20.7. The number of piperidine rings is 1. The Hall–Kier alpha value is -2.58. The van der Waals surface area contributed by atoms with Gasteiger partial charge in [0.05, 0.1) is 17.7 Å². The van der Waals surface area contributed by atoms with E-state index in [4.69, 9.17) is 9.72 Å². The van der Waals surface area contributed by atoms with Crippen molar-refractivity contribution in [1.82, 2.24) is 19.3 Å². The average molecular weight is 427 g/mol. The molecular formula is C22H26N4O3S. The van der Waals surface area contributed by atoms with Crippen LogP contribution in [0.2, 0.25) is 0 Å². The molecule has 158 valence electrons. The number of hydrogen-bond donors (Lipinski definition) is 0. The minimum absolute atomic E-state index is 0.180. The van der Waals surface area contributed by atoms with Crippen LogP contribution in [-0.4, -0.2) is 47.9 Å². The molecule has 0 spiro atoms. The highest BCUT2D eigenvalue weighted by Crippen LogP contribution is 2.33. The van der Waals surface area contributed by atoms with Crippen molar-refractivity contribution in [2.75, 3.05) is 20.2 Å². The molecule has 0 bridgehead atoms. The Kier molecular flexibility index (Phi) is 5.71. The first-order chi connectivity index (χ1) is 14.4. The van der Waals surface area contributed by atoms with Crippen LogP contribution in [0.3, 0.4) is 0 Å². The van der Waals surface area contributed by atoms with Crippen LogP contribution in [0.25, 0.3) is 11.0 Å². The molecule has 0 saturated carbocycles. The van der Waals surface area contributed by atoms with Gasteiger partial charge in [0.2, 0.25) is 10.0 Å². The third-order valence-electron chi connectivity index (χ3n) is 5.57. The van der Waals surface area contributed by atoms with Gasteiger partial charge in [-0.2, -0.15) is 4.31 Å². The summed E-state index contributed by atoms with van der Waals surface area (Å²) in [5.74, 6) is 1.80. The lowest BCUT2D eigenvalue weighted by Crippen LogP contribution is -2.38. The summed E-state index contributed by atoms with van der Waals surface area (Å²) >= 11 is 0. The van der Waals surface area contributed by atoms with Gasteiger partial charge < -0.3 is 4.74 Å². The summed E-state index contributed by atoms with van der Waals surface area (Å²) in [6, 6.07) is 10.4. The van der Waals surface area contributed by atoms with Crippen LogP contribution in [0.5, 0.6) is 5.75 Å². The van der Waals surface area contributed by atoms with E-state index in [1.807, 2.05) is 12.1 Å². The molecule has 1 fully saturated rings. The predicted molar refractivity (Wildman–Crippen MR) is 115 cm³/mol. The molecule has 0 N–H and O–H groups in total. The number of methoxy groups -OCH3 is 1. The van der Waals surface area contributed by atoms with Gasteiger partial charge in [-0.15, -0.1) is 0 Å². The molecule has 4 rings (SSSR count). The Morgan fingerprint density at radius 1 is 1.07 bits per heavy atom. The van der Waals surface area contributed by atoms with Crippen molar-refractivity contribution < 1.29 is 13.2 Å². The number of nitrogens with zero attached hydrogens (tertiary/aromatic N) is 4. The number of aromatic nitrogens is 3. The minimum Gasteiger partial charge on any atom is -0.497 e. The van der Waals surface area contributed by atoms with E-state index in [1.165, 1.54) is 0 Å². The monoisotopic (exact) mass is 426 g/mol. The van der Waals surface area contributed by atoms with Crippen molar-refractivity contribution in [3.63, 3.8) is 0 Å². The molecule has 7 nitrogen and oxygen atoms in total. The molecule has 1 aromatic carbocycles. The van der Waals surface area contributed by atoms with Crippen molar-refractivity contribution in [1.29, 1.82) is 0 Å². The highest BCUT2D eigenvalue weighted by molar-refractivity contribution is 7.89. The lowest BCUT2D eigenvalue weighted by Gasteiger charge is -2.31. The standard InChI is InChI=1S/C22H26N4O3S/c1-15(2)21-24-20(19-5-4-12-23-22(19)25-21)16-10-13-26(14-11-16)30(27,28)18-8-6-17(29-3)7-9-18/h4-9,12,15-16H,10-11,13-14H2,1-3H3. The number of pyridine rings is 1. The van der Waals surface area contributed by atoms with Gasteiger partial charge in [0.25, 0.3) is 0 Å². The first-order valence-electron chi connectivity index (χ1n) is 10.2. The summed E-state index contributed by atoms with van der Waals surface area (Å²) in [7, 11) is -1.96. The zero-order valence-corrected chi connectivity index (χ0v) is 18.3. The molecule has 1 aliphatic rings. The SMILES string of the molecule is COc1ccc(S(=O)(=O)N2CCC(c3nc(C(C)C)nc4ncccc34)CC2)cc1. The fraction of sp³-hybridized carbons (Fsp3) is 0.409. The Labute approximate surface area is 177 Å². The highest BCUT2D eigenvalue weighted by atomic mass is 32.2. The lowest BCUT2D eigenvalue weighted by molar-refractivity contribution is 0.317. The Morgan fingerprint density at radius 3 is 2.40 bits per heavy atom. The summed E-state index contributed by atoms with van der Waals surface area (Å²) in [4.78, 5) is 14.2. The normalized spacial score (nSPS) is 16.3. The van der Waals surface area contributed by atoms with Crippen molar-refractivity contribution in [3.05, 3.63) is 54.1 Å². The van der Waals surface area contributed by atoms with Crippen LogP contribution in [0.1, 0.15) is 50.0 Å². The molecule has 1 aliphatic heterocycles. The van der Waals surface area contributed by atoms with Crippen LogP contribution >= 0.6 is 0 Å². The van der Waals surface area contributed by atoms with Gasteiger partial charge in [0.15, 0.2) is 5.65 Å². The van der Waals surface area contributed by atoms with E-state index >= 15 is 0 Å². The molecule has 30 heavy (non-hydrogen) atoms. The Balaban J connectivity index is 1.57. The zero-order valence-electron chi connectivity index (χ0n) is 17.4. The van der Waals surface area contributed by atoms with Crippen LogP contribution in [0, 0.1) is 0 Å². The van der Waals surface area contributed by atoms with E-state index < -0.39 is 10.0 Å². The second kappa shape index (κ2) is 8.28. The first-order valence-corrected chi connectivity index (χ1v) is 11.6. The van der Waals surface area contributed by atoms with E-state index in [0.717, 1.165) is 16.9 Å². The summed E-state index contributed by atoms with van der Waals surface area (Å²) in [6.07, 6.45) is 3.18. The van der Waals surface area contributed by atoms with Gasteiger partial charge in [-0.05, 0) is 49.2 Å². The number of fused-ring (bicyclic) bond motifs is 1. The van der Waals surface area contributed by atoms with Gasteiger partial charge in [0, 0.05) is 36.5 Å². The van der Waals surface area contributed by atoms with Gasteiger partial charge >= 0.3 is 0 Å². The Morgan fingerprint density at radius 2 is 1.77 bits per heavy atom. The summed E-state index contributed by atoms with van der Waals surface area (Å²) in [5.41, 5.74) is 1.69. The Bertz CT molecular complexity index is 1140. The van der Waals surface area contributed by atoms with Crippen LogP contribution in [0.15, 0.2) is 47.5 Å². The molecular weight excluding hydrogens is 400 g/mol. The molecule has 1 saturated heterocycles. The molecule has 0 atom stereocenters. The van der Waals surface area contributed by atoms with E-state index in [0.29, 0.717) is 42.2 Å². The third kappa shape index (κ3) is 3.89. The minimum atomic E-state index is -3.52. The van der Waals surface area contributed by atoms with E-state index in [-0.39, 0.29) is 11.8 Å². The maximum absolute atomic E-state index is 13.0. The number of ether oxygens (including phenoxy) is 1. The number of sulfonamides is 1. The largest absolute Gasteiger partial charge is 0.497 e. The van der Waals surface area contributed by atoms with E-state index in [1.54, 1.807) is 41.9 Å². The molecule has 0 radical (unpaired) electrons. The molecule has 2 aromatic heterocycles. The quantitative estimate of drug-likeness (QED) is 0.618. The average Bonchev–Trinajstić information content (AvgIpc) is 2.78. The van der Waals surface area contributed by atoms with Gasteiger partial charge in [-0.1, -0.05) is 13.8 Å². The maximum atomic E-state index is 13.0. The van der Waals surface area contributed by atoms with Crippen molar-refractivity contribution in [3.8, 4) is 5.75 Å². The fourth-order valence-corrected chi connectivity index (χ4v) is 5.31. The number of rotatable bonds is 5. The third-order valence-corrected chi connectivity index (χ3v) is 7.49. The van der Waals surface area contributed by atoms with Crippen LogP contribution in [0.4, 0.5) is 0 Å². The molecule has 3 aromatic rings. The molecule has 0 unspecified atom stereocenters. The molecule has 8 heteroatoms. The van der Waals surface area contributed by atoms with Crippen molar-refractivity contribution in [2.24, 2.45) is 0 Å². The predicted octanol–water partition coefficient (Wildman–Crippen LogP) is 3.73. The molecule has 0 amide bonds. The van der Waals surface area contributed by atoms with E-state index in [2.05, 4.69) is 23.8 Å². The van der Waals surface area contributed by atoms with Crippen molar-refractivity contribution in [2.45, 2.75) is 43.4 Å². The van der Waals surface area contributed by atoms with Gasteiger partial charge in [-0.25, -0.2) is 23.4 Å². The fourth-order valence-electron chi connectivity index (χ4n) is 3.84.